The van der Waals surface area contributed by atoms with Crippen molar-refractivity contribution in [1.82, 2.24) is 0 Å². The fraction of sp³-hybridized carbons (Fsp3) is 0.200. The van der Waals surface area contributed by atoms with E-state index in [9.17, 15) is 0 Å². The molecule has 0 spiro atoms. The van der Waals surface area contributed by atoms with Crippen molar-refractivity contribution in [3.05, 3.63) is 32.4 Å². The first-order chi connectivity index (χ1) is 9.51. The molecule has 2 aromatic rings. The van der Waals surface area contributed by atoms with Gasteiger partial charge in [0.2, 0.25) is 0 Å². The lowest BCUT2D eigenvalue weighted by Gasteiger charge is -1.98. The zero-order valence-electron chi connectivity index (χ0n) is 11.5. The van der Waals surface area contributed by atoms with Crippen molar-refractivity contribution < 1.29 is 0 Å². The van der Waals surface area contributed by atoms with E-state index in [4.69, 9.17) is 12.6 Å². The molecular weight excluding hydrogens is 341 g/mol. The summed E-state index contributed by atoms with van der Waals surface area (Å²) in [6.07, 6.45) is 6.17. The number of thiol groups is 3. The summed E-state index contributed by atoms with van der Waals surface area (Å²) >= 11 is 17.0. The SMILES string of the molecule is C/C=C\c1sc(-c2sc(/C=C\S)c(C)c2S)c(C)c1S. The number of hydrogen-bond donors (Lipinski definition) is 3. The molecule has 0 amide bonds. The van der Waals surface area contributed by atoms with E-state index >= 15 is 0 Å². The standard InChI is InChI=1S/C15H16S5/c1-4-5-11-12(17)9(3)14(20-11)15-13(18)8(2)10(19-15)6-7-16/h4-7,16-18H,1-3H3/b5-4-,7-6-. The second-order valence-corrected chi connectivity index (χ2v) is 7.65. The smallest absolute Gasteiger partial charge is 0.0588 e. The maximum absolute atomic E-state index is 4.69. The van der Waals surface area contributed by atoms with E-state index in [0.717, 1.165) is 9.79 Å². The highest BCUT2D eigenvalue weighted by molar-refractivity contribution is 7.83. The van der Waals surface area contributed by atoms with E-state index < -0.39 is 0 Å². The molecule has 0 aliphatic heterocycles. The van der Waals surface area contributed by atoms with Crippen molar-refractivity contribution in [3.63, 3.8) is 0 Å². The van der Waals surface area contributed by atoms with Gasteiger partial charge < -0.3 is 0 Å². The van der Waals surface area contributed by atoms with Gasteiger partial charge in [0.25, 0.3) is 0 Å². The van der Waals surface area contributed by atoms with E-state index in [-0.39, 0.29) is 0 Å². The lowest BCUT2D eigenvalue weighted by atomic mass is 10.2. The summed E-state index contributed by atoms with van der Waals surface area (Å²) in [7, 11) is 0. The van der Waals surface area contributed by atoms with Crippen LogP contribution in [-0.2, 0) is 0 Å². The summed E-state index contributed by atoms with van der Waals surface area (Å²) < 4.78 is 0. The predicted molar refractivity (Wildman–Crippen MR) is 104 cm³/mol. The molecule has 0 fully saturated rings. The van der Waals surface area contributed by atoms with Gasteiger partial charge in [0, 0.05) is 19.5 Å². The highest BCUT2D eigenvalue weighted by Gasteiger charge is 2.18. The maximum Gasteiger partial charge on any atom is 0.0588 e. The average molecular weight is 357 g/mol. The molecule has 0 aliphatic rings. The molecule has 0 radical (unpaired) electrons. The summed E-state index contributed by atoms with van der Waals surface area (Å²) in [5, 5.41) is 1.77. The summed E-state index contributed by atoms with van der Waals surface area (Å²) in [4.78, 5) is 7.02. The van der Waals surface area contributed by atoms with Gasteiger partial charge in [-0.2, -0.15) is 12.6 Å². The van der Waals surface area contributed by atoms with E-state index in [0.29, 0.717) is 0 Å². The molecule has 20 heavy (non-hydrogen) atoms. The Bertz CT molecular complexity index is 625. The van der Waals surface area contributed by atoms with Gasteiger partial charge in [-0.15, -0.1) is 47.9 Å². The first-order valence-corrected chi connectivity index (χ1v) is 9.14. The van der Waals surface area contributed by atoms with Crippen LogP contribution in [0.3, 0.4) is 0 Å². The highest BCUT2D eigenvalue weighted by Crippen LogP contribution is 2.46. The number of thiophene rings is 2. The van der Waals surface area contributed by atoms with E-state index in [1.165, 1.54) is 30.6 Å². The largest absolute Gasteiger partial charge is 0.151 e. The van der Waals surface area contributed by atoms with Crippen LogP contribution < -0.4 is 0 Å². The first kappa shape index (κ1) is 16.3. The van der Waals surface area contributed by atoms with E-state index in [1.54, 1.807) is 28.1 Å². The molecule has 0 aliphatic carbocycles. The third-order valence-corrected chi connectivity index (χ3v) is 7.31. The molecule has 0 saturated carbocycles. The normalized spacial score (nSPS) is 12.1. The number of allylic oxidation sites excluding steroid dienone is 1. The minimum atomic E-state index is 1.06. The van der Waals surface area contributed by atoms with Crippen molar-refractivity contribution in [2.24, 2.45) is 0 Å². The fourth-order valence-electron chi connectivity index (χ4n) is 1.91. The van der Waals surface area contributed by atoms with Crippen LogP contribution in [0.1, 0.15) is 27.8 Å². The summed E-state index contributed by atoms with van der Waals surface area (Å²) in [5.41, 5.74) is 2.43. The van der Waals surface area contributed by atoms with Crippen LogP contribution in [0.5, 0.6) is 0 Å². The van der Waals surface area contributed by atoms with Crippen LogP contribution in [0.2, 0.25) is 0 Å². The zero-order valence-corrected chi connectivity index (χ0v) is 15.8. The first-order valence-electron chi connectivity index (χ1n) is 6.09. The molecule has 2 heterocycles. The number of hydrogen-bond acceptors (Lipinski definition) is 5. The van der Waals surface area contributed by atoms with E-state index in [2.05, 4.69) is 45.2 Å². The molecule has 0 aromatic carbocycles. The van der Waals surface area contributed by atoms with Gasteiger partial charge in [-0.3, -0.25) is 0 Å². The Balaban J connectivity index is 2.63. The van der Waals surface area contributed by atoms with Gasteiger partial charge in [0.1, 0.15) is 0 Å². The Hall–Kier alpha value is -0.0700. The van der Waals surface area contributed by atoms with Crippen LogP contribution in [-0.4, -0.2) is 0 Å². The Labute approximate surface area is 144 Å². The van der Waals surface area contributed by atoms with Crippen LogP contribution in [0, 0.1) is 13.8 Å². The van der Waals surface area contributed by atoms with Crippen molar-refractivity contribution in [2.45, 2.75) is 30.6 Å². The Morgan fingerprint density at radius 2 is 1.50 bits per heavy atom. The number of rotatable bonds is 3. The molecule has 0 atom stereocenters. The fourth-order valence-corrected chi connectivity index (χ4v) is 5.56. The van der Waals surface area contributed by atoms with Crippen molar-refractivity contribution in [2.75, 3.05) is 0 Å². The second kappa shape index (κ2) is 6.79. The minimum Gasteiger partial charge on any atom is -0.151 e. The quantitative estimate of drug-likeness (QED) is 0.507. The Kier molecular flexibility index (Phi) is 5.54. The average Bonchev–Trinajstić information content (AvgIpc) is 2.85. The van der Waals surface area contributed by atoms with Gasteiger partial charge in [0.05, 0.1) is 9.75 Å². The monoisotopic (exact) mass is 356 g/mol. The minimum absolute atomic E-state index is 1.06. The lowest BCUT2D eigenvalue weighted by molar-refractivity contribution is 1.35. The van der Waals surface area contributed by atoms with Crippen LogP contribution in [0.4, 0.5) is 0 Å². The van der Waals surface area contributed by atoms with Crippen molar-refractivity contribution in [3.8, 4) is 9.75 Å². The van der Waals surface area contributed by atoms with Crippen LogP contribution >= 0.6 is 60.6 Å². The third-order valence-electron chi connectivity index (χ3n) is 3.04. The predicted octanol–water partition coefficient (Wildman–Crippen LogP) is 6.60. The van der Waals surface area contributed by atoms with Crippen molar-refractivity contribution >= 4 is 72.7 Å². The second-order valence-electron chi connectivity index (χ2n) is 4.35. The molecular formula is C15H16S5. The molecule has 5 heteroatoms. The Morgan fingerprint density at radius 3 is 2.10 bits per heavy atom. The lowest BCUT2D eigenvalue weighted by Crippen LogP contribution is -1.75. The molecule has 0 bridgehead atoms. The van der Waals surface area contributed by atoms with Gasteiger partial charge in [-0.1, -0.05) is 6.08 Å². The molecule has 0 N–H and O–H groups in total. The van der Waals surface area contributed by atoms with E-state index in [1.807, 2.05) is 19.1 Å². The van der Waals surface area contributed by atoms with Crippen molar-refractivity contribution in [1.29, 1.82) is 0 Å². The highest BCUT2D eigenvalue weighted by atomic mass is 32.1. The molecule has 2 aromatic heterocycles. The topological polar surface area (TPSA) is 0 Å². The molecule has 0 unspecified atom stereocenters. The summed E-state index contributed by atoms with van der Waals surface area (Å²) in [6, 6.07) is 0. The Morgan fingerprint density at radius 1 is 0.850 bits per heavy atom. The molecule has 106 valence electrons. The maximum atomic E-state index is 4.69. The van der Waals surface area contributed by atoms with Gasteiger partial charge in [-0.05, 0) is 49.5 Å². The summed E-state index contributed by atoms with van der Waals surface area (Å²) in [6.45, 7) is 6.25. The van der Waals surface area contributed by atoms with Gasteiger partial charge in [0.15, 0.2) is 0 Å². The van der Waals surface area contributed by atoms with Gasteiger partial charge >= 0.3 is 0 Å². The molecule has 0 nitrogen and oxygen atoms in total. The zero-order chi connectivity index (χ0) is 14.9. The third kappa shape index (κ3) is 2.92. The molecule has 0 saturated heterocycles. The van der Waals surface area contributed by atoms with Gasteiger partial charge in [-0.25, -0.2) is 0 Å². The molecule has 2 rings (SSSR count). The summed E-state index contributed by atoms with van der Waals surface area (Å²) in [5.74, 6) is 0. The van der Waals surface area contributed by atoms with Crippen LogP contribution in [0.25, 0.3) is 21.9 Å². The van der Waals surface area contributed by atoms with Crippen LogP contribution in [0.15, 0.2) is 21.3 Å².